The third-order valence-corrected chi connectivity index (χ3v) is 3.40. The second-order valence-electron chi connectivity index (χ2n) is 5.74. The number of carbonyl (C=O) groups is 2. The van der Waals surface area contributed by atoms with Crippen molar-refractivity contribution < 1.29 is 23.5 Å². The number of furan rings is 1. The van der Waals surface area contributed by atoms with E-state index in [1.807, 2.05) is 0 Å². The first-order valence-electron chi connectivity index (χ1n) is 7.33. The van der Waals surface area contributed by atoms with Gasteiger partial charge in [0.15, 0.2) is 0 Å². The van der Waals surface area contributed by atoms with Crippen molar-refractivity contribution >= 4 is 17.5 Å². The molecule has 3 N–H and O–H groups in total. The largest absolute Gasteiger partial charge is 0.463 e. The van der Waals surface area contributed by atoms with Crippen LogP contribution in [0.3, 0.4) is 0 Å². The highest BCUT2D eigenvalue weighted by Crippen LogP contribution is 2.22. The van der Waals surface area contributed by atoms with Crippen LogP contribution in [0.4, 0.5) is 10.1 Å². The van der Waals surface area contributed by atoms with Gasteiger partial charge in [0.25, 0.3) is 5.91 Å². The van der Waals surface area contributed by atoms with Gasteiger partial charge >= 0.3 is 0 Å². The van der Waals surface area contributed by atoms with Crippen LogP contribution in [0.25, 0.3) is 0 Å². The number of nitrogens with one attached hydrogen (secondary N) is 2. The zero-order valence-electron chi connectivity index (χ0n) is 13.6. The minimum atomic E-state index is -1.43. The van der Waals surface area contributed by atoms with Crippen LogP contribution in [-0.4, -0.2) is 23.5 Å². The molecular weight excluding hydrogens is 315 g/mol. The molecule has 2 rings (SSSR count). The lowest BCUT2D eigenvalue weighted by atomic mass is 10.0. The Bertz CT molecular complexity index is 768. The maximum absolute atomic E-state index is 13.8. The van der Waals surface area contributed by atoms with Crippen molar-refractivity contribution in [3.8, 4) is 0 Å². The molecule has 0 spiro atoms. The number of aliphatic hydroxyl groups is 1. The third-order valence-electron chi connectivity index (χ3n) is 3.40. The molecule has 1 atom stereocenters. The summed E-state index contributed by atoms with van der Waals surface area (Å²) in [4.78, 5) is 23.2. The Morgan fingerprint density at radius 3 is 2.58 bits per heavy atom. The Hall–Kier alpha value is -2.67. The summed E-state index contributed by atoms with van der Waals surface area (Å²) in [5.74, 6) is -0.833. The molecule has 24 heavy (non-hydrogen) atoms. The topological polar surface area (TPSA) is 91.6 Å². The van der Waals surface area contributed by atoms with Gasteiger partial charge in [-0.1, -0.05) is 0 Å². The van der Waals surface area contributed by atoms with Crippen LogP contribution in [0.5, 0.6) is 0 Å². The van der Waals surface area contributed by atoms with E-state index in [2.05, 4.69) is 10.6 Å². The first-order chi connectivity index (χ1) is 11.2. The molecule has 0 aliphatic rings. The molecule has 1 aromatic heterocycles. The predicted octanol–water partition coefficient (Wildman–Crippen LogP) is 2.32. The monoisotopic (exact) mass is 334 g/mol. The number of amides is 2. The summed E-state index contributed by atoms with van der Waals surface area (Å²) in [6, 6.07) is 6.99. The Morgan fingerprint density at radius 1 is 1.29 bits per heavy atom. The fraction of sp³-hybridized carbons (Fsp3) is 0.294. The van der Waals surface area contributed by atoms with Gasteiger partial charge in [0.2, 0.25) is 5.91 Å². The molecule has 0 aliphatic carbocycles. The van der Waals surface area contributed by atoms with Gasteiger partial charge in [-0.25, -0.2) is 4.39 Å². The van der Waals surface area contributed by atoms with Gasteiger partial charge in [-0.05, 0) is 44.2 Å². The molecule has 1 aromatic carbocycles. The highest BCUT2D eigenvalue weighted by molar-refractivity contribution is 5.97. The zero-order chi connectivity index (χ0) is 17.9. The highest BCUT2D eigenvalue weighted by atomic mass is 19.1. The van der Waals surface area contributed by atoms with Crippen LogP contribution in [0.15, 0.2) is 34.7 Å². The summed E-state index contributed by atoms with van der Waals surface area (Å²) in [6.45, 7) is 4.37. The van der Waals surface area contributed by atoms with Gasteiger partial charge < -0.3 is 20.2 Å². The number of halogens is 1. The van der Waals surface area contributed by atoms with Crippen LogP contribution in [0.2, 0.25) is 0 Å². The number of anilines is 1. The number of aryl methyl sites for hydroxylation is 1. The predicted molar refractivity (Wildman–Crippen MR) is 86.1 cm³/mol. The summed E-state index contributed by atoms with van der Waals surface area (Å²) < 4.78 is 19.2. The van der Waals surface area contributed by atoms with Gasteiger partial charge in [-0.3, -0.25) is 9.59 Å². The molecule has 7 heteroatoms. The lowest BCUT2D eigenvalue weighted by molar-refractivity contribution is -0.114. The molecular formula is C17H19FN2O4. The Balaban J connectivity index is 2.10. The van der Waals surface area contributed by atoms with Crippen LogP contribution >= 0.6 is 0 Å². The van der Waals surface area contributed by atoms with E-state index in [4.69, 9.17) is 4.42 Å². The molecule has 1 heterocycles. The highest BCUT2D eigenvalue weighted by Gasteiger charge is 2.28. The van der Waals surface area contributed by atoms with Crippen molar-refractivity contribution in [2.75, 3.05) is 11.9 Å². The molecule has 6 nitrogen and oxygen atoms in total. The summed E-state index contributed by atoms with van der Waals surface area (Å²) in [6.07, 6.45) is 0. The SMILES string of the molecule is CC(=O)Nc1ccc(F)c(C(=O)NCC(C)(O)c2ccc(C)o2)c1. The quantitative estimate of drug-likeness (QED) is 0.782. The van der Waals surface area contributed by atoms with Gasteiger partial charge in [0.1, 0.15) is 22.9 Å². The van der Waals surface area contributed by atoms with Crippen molar-refractivity contribution in [3.63, 3.8) is 0 Å². The van der Waals surface area contributed by atoms with E-state index in [0.29, 0.717) is 17.2 Å². The number of rotatable bonds is 5. The van der Waals surface area contributed by atoms with Gasteiger partial charge in [-0.2, -0.15) is 0 Å². The molecule has 0 fully saturated rings. The smallest absolute Gasteiger partial charge is 0.254 e. The molecule has 0 saturated carbocycles. The third kappa shape index (κ3) is 4.20. The summed E-state index contributed by atoms with van der Waals surface area (Å²) in [7, 11) is 0. The average Bonchev–Trinajstić information content (AvgIpc) is 2.94. The standard InChI is InChI=1S/C17H19FN2O4/c1-10-4-7-15(24-10)17(3,23)9-19-16(22)13-8-12(20-11(2)21)5-6-14(13)18/h4-8,23H,9H2,1-3H3,(H,19,22)(H,20,21). The molecule has 0 aliphatic heterocycles. The van der Waals surface area contributed by atoms with E-state index in [0.717, 1.165) is 6.07 Å². The molecule has 0 radical (unpaired) electrons. The van der Waals surface area contributed by atoms with E-state index in [-0.39, 0.29) is 18.0 Å². The van der Waals surface area contributed by atoms with Gasteiger partial charge in [-0.15, -0.1) is 0 Å². The fourth-order valence-corrected chi connectivity index (χ4v) is 2.14. The molecule has 0 saturated heterocycles. The Labute approximate surface area is 138 Å². The van der Waals surface area contributed by atoms with Crippen LogP contribution < -0.4 is 10.6 Å². The molecule has 0 bridgehead atoms. The zero-order valence-corrected chi connectivity index (χ0v) is 13.6. The average molecular weight is 334 g/mol. The van der Waals surface area contributed by atoms with E-state index >= 15 is 0 Å². The number of hydrogen-bond acceptors (Lipinski definition) is 4. The molecule has 1 unspecified atom stereocenters. The summed E-state index contributed by atoms with van der Waals surface area (Å²) >= 11 is 0. The van der Waals surface area contributed by atoms with Gasteiger partial charge in [0.05, 0.1) is 12.1 Å². The van der Waals surface area contributed by atoms with Crippen LogP contribution in [0.1, 0.15) is 35.7 Å². The minimum absolute atomic E-state index is 0.164. The Morgan fingerprint density at radius 2 is 2.00 bits per heavy atom. The van der Waals surface area contributed by atoms with Crippen LogP contribution in [-0.2, 0) is 10.4 Å². The van der Waals surface area contributed by atoms with Crippen molar-refractivity contribution in [2.24, 2.45) is 0 Å². The van der Waals surface area contributed by atoms with E-state index in [9.17, 15) is 19.1 Å². The van der Waals surface area contributed by atoms with Crippen molar-refractivity contribution in [1.29, 1.82) is 0 Å². The summed E-state index contributed by atoms with van der Waals surface area (Å²) in [5.41, 5.74) is -1.36. The second kappa shape index (κ2) is 6.84. The minimum Gasteiger partial charge on any atom is -0.463 e. The van der Waals surface area contributed by atoms with Crippen LogP contribution in [0, 0.1) is 12.7 Å². The maximum Gasteiger partial charge on any atom is 0.254 e. The normalized spacial score (nSPS) is 13.2. The molecule has 2 amide bonds. The van der Waals surface area contributed by atoms with E-state index < -0.39 is 17.3 Å². The summed E-state index contributed by atoms with van der Waals surface area (Å²) in [5, 5.41) is 15.3. The van der Waals surface area contributed by atoms with Crippen molar-refractivity contribution in [3.05, 3.63) is 53.2 Å². The molecule has 2 aromatic rings. The Kier molecular flexibility index (Phi) is 5.04. The first-order valence-corrected chi connectivity index (χ1v) is 7.33. The first kappa shape index (κ1) is 17.7. The van der Waals surface area contributed by atoms with E-state index in [1.54, 1.807) is 19.1 Å². The second-order valence-corrected chi connectivity index (χ2v) is 5.74. The number of carbonyl (C=O) groups excluding carboxylic acids is 2. The van der Waals surface area contributed by atoms with E-state index in [1.165, 1.54) is 26.0 Å². The lowest BCUT2D eigenvalue weighted by Crippen LogP contribution is -2.38. The van der Waals surface area contributed by atoms with Gasteiger partial charge in [0, 0.05) is 12.6 Å². The fourth-order valence-electron chi connectivity index (χ4n) is 2.14. The number of benzene rings is 1. The number of hydrogen-bond donors (Lipinski definition) is 3. The molecule has 128 valence electrons. The van der Waals surface area contributed by atoms with Crippen molar-refractivity contribution in [1.82, 2.24) is 5.32 Å². The lowest BCUT2D eigenvalue weighted by Gasteiger charge is -2.21. The maximum atomic E-state index is 13.8. The van der Waals surface area contributed by atoms with Crippen molar-refractivity contribution in [2.45, 2.75) is 26.4 Å².